The number of rotatable bonds is 1. The highest BCUT2D eigenvalue weighted by Crippen LogP contribution is 2.24. The molecule has 1 rings (SSSR count). The molecule has 70 valence electrons. The number of ether oxygens (including phenoxy) is 1. The predicted octanol–water partition coefficient (Wildman–Crippen LogP) is 1.58. The van der Waals surface area contributed by atoms with Crippen molar-refractivity contribution in [3.63, 3.8) is 0 Å². The maximum atomic E-state index is 12.9. The molecule has 3 nitrogen and oxygen atoms in total. The molecule has 1 saturated heterocycles. The number of hydrogen-bond donors (Lipinski definition) is 0. The molecule has 0 aromatic rings. The third-order valence-corrected chi connectivity index (χ3v) is 1.64. The van der Waals surface area contributed by atoms with E-state index in [-0.39, 0.29) is 19.2 Å². The molecular formula is C8H14FNO2. The Morgan fingerprint density at radius 3 is 2.42 bits per heavy atom. The lowest BCUT2D eigenvalue weighted by atomic mass is 10.0. The Kier molecular flexibility index (Phi) is 2.26. The first kappa shape index (κ1) is 9.29. The SMILES string of the molecule is CC(C)OC(=O)N1CC(C)(F)C1. The van der Waals surface area contributed by atoms with Crippen LogP contribution in [0.15, 0.2) is 0 Å². The second kappa shape index (κ2) is 2.92. The van der Waals surface area contributed by atoms with E-state index >= 15 is 0 Å². The summed E-state index contributed by atoms with van der Waals surface area (Å²) in [6.07, 6.45) is -0.552. The highest BCUT2D eigenvalue weighted by Gasteiger charge is 2.42. The van der Waals surface area contributed by atoms with E-state index in [0.717, 1.165) is 0 Å². The van der Waals surface area contributed by atoms with Gasteiger partial charge in [0.25, 0.3) is 0 Å². The van der Waals surface area contributed by atoms with Crippen LogP contribution in [0.1, 0.15) is 20.8 Å². The predicted molar refractivity (Wildman–Crippen MR) is 42.7 cm³/mol. The van der Waals surface area contributed by atoms with Crippen LogP contribution >= 0.6 is 0 Å². The van der Waals surface area contributed by atoms with E-state index in [4.69, 9.17) is 4.74 Å². The minimum atomic E-state index is -1.21. The first-order valence-corrected chi connectivity index (χ1v) is 4.05. The second-order valence-corrected chi connectivity index (χ2v) is 3.70. The monoisotopic (exact) mass is 175 g/mol. The molecule has 4 heteroatoms. The van der Waals surface area contributed by atoms with Crippen molar-refractivity contribution in [3.05, 3.63) is 0 Å². The minimum Gasteiger partial charge on any atom is -0.447 e. The van der Waals surface area contributed by atoms with Gasteiger partial charge in [-0.15, -0.1) is 0 Å². The third-order valence-electron chi connectivity index (χ3n) is 1.64. The van der Waals surface area contributed by atoms with E-state index in [0.29, 0.717) is 0 Å². The molecule has 0 radical (unpaired) electrons. The molecule has 0 atom stereocenters. The summed E-state index contributed by atoms with van der Waals surface area (Å²) in [4.78, 5) is 12.4. The van der Waals surface area contributed by atoms with Gasteiger partial charge in [0.05, 0.1) is 19.2 Å². The first-order valence-electron chi connectivity index (χ1n) is 4.05. The summed E-state index contributed by atoms with van der Waals surface area (Å²) in [5, 5.41) is 0. The van der Waals surface area contributed by atoms with E-state index in [9.17, 15) is 9.18 Å². The molecule has 1 heterocycles. The lowest BCUT2D eigenvalue weighted by molar-refractivity contribution is -0.0244. The summed E-state index contributed by atoms with van der Waals surface area (Å²) >= 11 is 0. The second-order valence-electron chi connectivity index (χ2n) is 3.70. The third kappa shape index (κ3) is 2.09. The van der Waals surface area contributed by atoms with Gasteiger partial charge < -0.3 is 9.64 Å². The molecule has 0 aromatic carbocycles. The Morgan fingerprint density at radius 2 is 2.08 bits per heavy atom. The molecule has 1 aliphatic heterocycles. The smallest absolute Gasteiger partial charge is 0.410 e. The minimum absolute atomic E-state index is 0.135. The average Bonchev–Trinajstić information content (AvgIpc) is 1.80. The molecule has 0 N–H and O–H groups in total. The van der Waals surface area contributed by atoms with Crippen LogP contribution in [0.5, 0.6) is 0 Å². The summed E-state index contributed by atoms with van der Waals surface area (Å²) in [6.45, 7) is 5.32. The van der Waals surface area contributed by atoms with Crippen molar-refractivity contribution < 1.29 is 13.9 Å². The van der Waals surface area contributed by atoms with Crippen molar-refractivity contribution in [2.45, 2.75) is 32.5 Å². The molecule has 0 bridgehead atoms. The fourth-order valence-corrected chi connectivity index (χ4v) is 1.15. The summed E-state index contributed by atoms with van der Waals surface area (Å²) < 4.78 is 17.8. The van der Waals surface area contributed by atoms with Crippen LogP contribution in [-0.4, -0.2) is 35.9 Å². The lowest BCUT2D eigenvalue weighted by Gasteiger charge is -2.41. The van der Waals surface area contributed by atoms with Gasteiger partial charge in [-0.3, -0.25) is 0 Å². The van der Waals surface area contributed by atoms with Crippen LogP contribution in [-0.2, 0) is 4.74 Å². The molecule has 0 aromatic heterocycles. The molecule has 0 aliphatic carbocycles. The van der Waals surface area contributed by atoms with E-state index in [1.54, 1.807) is 13.8 Å². The largest absolute Gasteiger partial charge is 0.447 e. The Labute approximate surface area is 71.5 Å². The van der Waals surface area contributed by atoms with Crippen molar-refractivity contribution in [1.29, 1.82) is 0 Å². The molecule has 1 aliphatic rings. The first-order chi connectivity index (χ1) is 5.41. The summed E-state index contributed by atoms with van der Waals surface area (Å²) in [5.41, 5.74) is -1.21. The highest BCUT2D eigenvalue weighted by molar-refractivity contribution is 5.69. The number of hydrogen-bond acceptors (Lipinski definition) is 2. The number of carbonyl (C=O) groups excluding carboxylic acids is 1. The number of likely N-dealkylation sites (tertiary alicyclic amines) is 1. The standard InChI is InChI=1S/C8H14FNO2/c1-6(2)12-7(11)10-4-8(3,9)5-10/h6H,4-5H2,1-3H3. The van der Waals surface area contributed by atoms with E-state index in [2.05, 4.69) is 0 Å². The maximum absolute atomic E-state index is 12.9. The van der Waals surface area contributed by atoms with Gasteiger partial charge in [-0.25, -0.2) is 9.18 Å². The number of halogens is 1. The quantitative estimate of drug-likeness (QED) is 0.605. The molecule has 0 unspecified atom stereocenters. The number of alkyl halides is 1. The fourth-order valence-electron chi connectivity index (χ4n) is 1.15. The molecule has 1 amide bonds. The van der Waals surface area contributed by atoms with Crippen molar-refractivity contribution in [3.8, 4) is 0 Å². The Bertz CT molecular complexity index is 183. The Balaban J connectivity index is 2.29. The van der Waals surface area contributed by atoms with Gasteiger partial charge in [-0.1, -0.05) is 0 Å². The van der Waals surface area contributed by atoms with Gasteiger partial charge in [-0.05, 0) is 20.8 Å². The van der Waals surface area contributed by atoms with Crippen LogP contribution in [0.3, 0.4) is 0 Å². The molecule has 0 spiro atoms. The van der Waals surface area contributed by atoms with E-state index in [1.165, 1.54) is 11.8 Å². The van der Waals surface area contributed by atoms with Crippen LogP contribution in [0.4, 0.5) is 9.18 Å². The van der Waals surface area contributed by atoms with Crippen molar-refractivity contribution in [1.82, 2.24) is 4.90 Å². The zero-order valence-corrected chi connectivity index (χ0v) is 7.63. The molecule has 0 saturated carbocycles. The van der Waals surface area contributed by atoms with E-state index < -0.39 is 11.8 Å². The van der Waals surface area contributed by atoms with Crippen LogP contribution in [0.25, 0.3) is 0 Å². The number of carbonyl (C=O) groups is 1. The Morgan fingerprint density at radius 1 is 1.58 bits per heavy atom. The molecule has 12 heavy (non-hydrogen) atoms. The van der Waals surface area contributed by atoms with E-state index in [1.807, 2.05) is 0 Å². The summed E-state index contributed by atoms with van der Waals surface area (Å²) in [7, 11) is 0. The highest BCUT2D eigenvalue weighted by atomic mass is 19.1. The van der Waals surface area contributed by atoms with Crippen LogP contribution in [0, 0.1) is 0 Å². The maximum Gasteiger partial charge on any atom is 0.410 e. The normalized spacial score (nSPS) is 20.6. The number of amides is 1. The summed E-state index contributed by atoms with van der Waals surface area (Å²) in [6, 6.07) is 0. The zero-order chi connectivity index (χ0) is 9.35. The van der Waals surface area contributed by atoms with Crippen molar-refractivity contribution in [2.75, 3.05) is 13.1 Å². The van der Waals surface area contributed by atoms with Gasteiger partial charge in [0, 0.05) is 0 Å². The molecule has 1 fully saturated rings. The topological polar surface area (TPSA) is 29.5 Å². The van der Waals surface area contributed by atoms with Gasteiger partial charge in [0.2, 0.25) is 0 Å². The van der Waals surface area contributed by atoms with Gasteiger partial charge in [0.1, 0.15) is 5.67 Å². The average molecular weight is 175 g/mol. The number of nitrogens with zero attached hydrogens (tertiary/aromatic N) is 1. The van der Waals surface area contributed by atoms with Crippen LogP contribution in [0.2, 0.25) is 0 Å². The molecular weight excluding hydrogens is 161 g/mol. The van der Waals surface area contributed by atoms with Crippen molar-refractivity contribution in [2.24, 2.45) is 0 Å². The fraction of sp³-hybridized carbons (Fsp3) is 0.875. The van der Waals surface area contributed by atoms with Crippen LogP contribution < -0.4 is 0 Å². The lowest BCUT2D eigenvalue weighted by Crippen LogP contribution is -2.59. The summed E-state index contributed by atoms with van der Waals surface area (Å²) in [5.74, 6) is 0. The Hall–Kier alpha value is -0.800. The van der Waals surface area contributed by atoms with Crippen molar-refractivity contribution >= 4 is 6.09 Å². The van der Waals surface area contributed by atoms with Gasteiger partial charge in [-0.2, -0.15) is 0 Å². The van der Waals surface area contributed by atoms with Gasteiger partial charge in [0.15, 0.2) is 0 Å². The van der Waals surface area contributed by atoms with Gasteiger partial charge >= 0.3 is 6.09 Å². The zero-order valence-electron chi connectivity index (χ0n) is 7.63.